The van der Waals surface area contributed by atoms with Gasteiger partial charge in [0, 0.05) is 5.38 Å². The zero-order valence-corrected chi connectivity index (χ0v) is 10.6. The minimum Gasteiger partial charge on any atom is -0.376 e. The van der Waals surface area contributed by atoms with Crippen LogP contribution in [0.1, 0.15) is 12.6 Å². The van der Waals surface area contributed by atoms with E-state index in [2.05, 4.69) is 10.1 Å². The molecule has 1 aromatic rings. The Morgan fingerprint density at radius 2 is 2.35 bits per heavy atom. The quantitative estimate of drug-likeness (QED) is 0.459. The number of nitrogen functional groups attached to an aromatic ring is 1. The predicted molar refractivity (Wildman–Crippen MR) is 65.4 cm³/mol. The van der Waals surface area contributed by atoms with E-state index < -0.39 is 5.91 Å². The smallest absolute Gasteiger partial charge is 0.294 e. The fourth-order valence-corrected chi connectivity index (χ4v) is 1.37. The zero-order valence-electron chi connectivity index (χ0n) is 9.80. The molecule has 0 spiro atoms. The first-order valence-corrected chi connectivity index (χ1v) is 5.67. The third-order valence-corrected chi connectivity index (χ3v) is 2.68. The van der Waals surface area contributed by atoms with E-state index in [-0.39, 0.29) is 17.6 Å². The first-order chi connectivity index (χ1) is 7.91. The predicted octanol–water partition coefficient (Wildman–Crippen LogP) is 0.163. The summed E-state index contributed by atoms with van der Waals surface area (Å²) in [5, 5.41) is 5.53. The van der Waals surface area contributed by atoms with E-state index in [9.17, 15) is 4.79 Å². The van der Waals surface area contributed by atoms with Crippen molar-refractivity contribution in [2.45, 2.75) is 13.2 Å². The zero-order chi connectivity index (χ0) is 13.0. The van der Waals surface area contributed by atoms with Gasteiger partial charge in [-0.1, -0.05) is 5.16 Å². The van der Waals surface area contributed by atoms with E-state index in [1.165, 1.54) is 11.3 Å². The number of carbonyl (C=O) groups excluding carboxylic acids is 1. The molecule has 0 aliphatic carbocycles. The van der Waals surface area contributed by atoms with Crippen molar-refractivity contribution in [2.75, 3.05) is 19.8 Å². The third kappa shape index (κ3) is 3.68. The summed E-state index contributed by atoms with van der Waals surface area (Å²) >= 11 is 1.18. The van der Waals surface area contributed by atoms with Gasteiger partial charge in [0.05, 0.1) is 0 Å². The van der Waals surface area contributed by atoms with Crippen LogP contribution in [0.2, 0.25) is 0 Å². The van der Waals surface area contributed by atoms with Gasteiger partial charge in [-0.05, 0) is 21.0 Å². The van der Waals surface area contributed by atoms with Crippen molar-refractivity contribution >= 4 is 28.1 Å². The van der Waals surface area contributed by atoms with Crippen LogP contribution in [-0.4, -0.2) is 41.8 Å². The van der Waals surface area contributed by atoms with Gasteiger partial charge in [0.1, 0.15) is 5.69 Å². The first kappa shape index (κ1) is 13.4. The fraction of sp³-hybridized carbons (Fsp3) is 0.444. The minimum absolute atomic E-state index is 0.147. The molecule has 8 heteroatoms. The van der Waals surface area contributed by atoms with E-state index in [0.29, 0.717) is 5.13 Å². The fourth-order valence-electron chi connectivity index (χ4n) is 0.824. The van der Waals surface area contributed by atoms with Crippen molar-refractivity contribution in [2.24, 2.45) is 5.16 Å². The molecule has 1 amide bonds. The standard InChI is InChI=1S/C9H14N5O2S/c1-5(14(2)3)16-13-7(8(10)15)6-4-17-9(11)12-6/h4-5,10H,1-3H3,(H2,11,12)/b13-7-. The van der Waals surface area contributed by atoms with Crippen molar-refractivity contribution in [1.29, 1.82) is 0 Å². The van der Waals surface area contributed by atoms with E-state index >= 15 is 0 Å². The van der Waals surface area contributed by atoms with Gasteiger partial charge >= 0.3 is 0 Å². The van der Waals surface area contributed by atoms with Gasteiger partial charge in [0.15, 0.2) is 17.1 Å². The van der Waals surface area contributed by atoms with E-state index in [0.717, 1.165) is 0 Å². The molecule has 93 valence electrons. The molecule has 0 saturated carbocycles. The highest BCUT2D eigenvalue weighted by molar-refractivity contribution is 7.13. The van der Waals surface area contributed by atoms with Crippen LogP contribution < -0.4 is 11.5 Å². The number of anilines is 1. The molecule has 7 nitrogen and oxygen atoms in total. The minimum atomic E-state index is -0.957. The lowest BCUT2D eigenvalue weighted by molar-refractivity contribution is -0.112. The number of thiazole rings is 1. The molecular formula is C9H14N5O2S. The van der Waals surface area contributed by atoms with Crippen molar-refractivity contribution < 1.29 is 9.63 Å². The molecule has 1 atom stereocenters. The molecular weight excluding hydrogens is 242 g/mol. The molecule has 0 aliphatic rings. The second kappa shape index (κ2) is 5.60. The summed E-state index contributed by atoms with van der Waals surface area (Å²) in [5.74, 6) is -0.957. The van der Waals surface area contributed by atoms with Crippen LogP contribution in [0, 0.1) is 0 Å². The molecule has 1 heterocycles. The highest BCUT2D eigenvalue weighted by atomic mass is 32.1. The Labute approximate surface area is 103 Å². The van der Waals surface area contributed by atoms with Crippen LogP contribution in [0.5, 0.6) is 0 Å². The highest BCUT2D eigenvalue weighted by Crippen LogP contribution is 2.12. The Hall–Kier alpha value is -1.67. The second-order valence-corrected chi connectivity index (χ2v) is 4.40. The number of nitrogens with two attached hydrogens (primary N) is 1. The second-order valence-electron chi connectivity index (χ2n) is 3.51. The Morgan fingerprint density at radius 1 is 1.71 bits per heavy atom. The first-order valence-electron chi connectivity index (χ1n) is 4.79. The number of nitrogens with zero attached hydrogens (tertiary/aromatic N) is 3. The van der Waals surface area contributed by atoms with E-state index in [1.807, 2.05) is 14.1 Å². The number of rotatable bonds is 5. The maximum absolute atomic E-state index is 11.1. The van der Waals surface area contributed by atoms with E-state index in [1.54, 1.807) is 17.2 Å². The van der Waals surface area contributed by atoms with Crippen molar-refractivity contribution in [3.63, 3.8) is 0 Å². The number of amides is 1. The Morgan fingerprint density at radius 3 is 2.76 bits per heavy atom. The lowest BCUT2D eigenvalue weighted by atomic mass is 10.3. The number of nitrogens with one attached hydrogen (secondary N) is 1. The summed E-state index contributed by atoms with van der Waals surface area (Å²) < 4.78 is 0. The van der Waals surface area contributed by atoms with Crippen molar-refractivity contribution in [1.82, 2.24) is 15.6 Å². The molecule has 0 bridgehead atoms. The van der Waals surface area contributed by atoms with Gasteiger partial charge in [-0.3, -0.25) is 15.4 Å². The van der Waals surface area contributed by atoms with Crippen molar-refractivity contribution in [3.05, 3.63) is 11.1 Å². The maximum atomic E-state index is 11.1. The topological polar surface area (TPSA) is 105 Å². The van der Waals surface area contributed by atoms with Gasteiger partial charge < -0.3 is 10.6 Å². The Balaban J connectivity index is 2.87. The molecule has 17 heavy (non-hydrogen) atoms. The largest absolute Gasteiger partial charge is 0.376 e. The molecule has 1 unspecified atom stereocenters. The van der Waals surface area contributed by atoms with Crippen LogP contribution in [-0.2, 0) is 9.63 Å². The average molecular weight is 256 g/mol. The van der Waals surface area contributed by atoms with Crippen LogP contribution in [0.15, 0.2) is 10.5 Å². The maximum Gasteiger partial charge on any atom is 0.294 e. The monoisotopic (exact) mass is 256 g/mol. The van der Waals surface area contributed by atoms with Gasteiger partial charge in [-0.15, -0.1) is 11.3 Å². The number of carbonyl (C=O) groups is 1. The number of oxime groups is 1. The summed E-state index contributed by atoms with van der Waals surface area (Å²) in [5.41, 5.74) is 12.7. The summed E-state index contributed by atoms with van der Waals surface area (Å²) in [6.45, 7) is 1.77. The molecule has 0 aromatic carbocycles. The van der Waals surface area contributed by atoms with Crippen LogP contribution in [0.3, 0.4) is 0 Å². The molecule has 1 radical (unpaired) electrons. The molecule has 1 rings (SSSR count). The summed E-state index contributed by atoms with van der Waals surface area (Å²) in [6.07, 6.45) is -0.305. The highest BCUT2D eigenvalue weighted by Gasteiger charge is 2.16. The summed E-state index contributed by atoms with van der Waals surface area (Å²) in [7, 11) is 3.62. The Bertz CT molecular complexity index is 429. The molecule has 1 aromatic heterocycles. The molecule has 3 N–H and O–H groups in total. The molecule has 0 fully saturated rings. The number of aromatic nitrogens is 1. The van der Waals surface area contributed by atoms with Crippen LogP contribution >= 0.6 is 11.3 Å². The number of hydrogen-bond donors (Lipinski definition) is 1. The van der Waals surface area contributed by atoms with Crippen molar-refractivity contribution in [3.8, 4) is 0 Å². The number of hydrogen-bond acceptors (Lipinski definition) is 7. The van der Waals surface area contributed by atoms with E-state index in [4.69, 9.17) is 16.3 Å². The van der Waals surface area contributed by atoms with Gasteiger partial charge in [0.25, 0.3) is 5.91 Å². The van der Waals surface area contributed by atoms with Gasteiger partial charge in [-0.25, -0.2) is 4.98 Å². The summed E-state index contributed by atoms with van der Waals surface area (Å²) in [6, 6.07) is 0. The SMILES string of the molecule is CC(O/N=C(\C([NH])=O)c1csc(N)n1)N(C)C. The lowest BCUT2D eigenvalue weighted by Gasteiger charge is -2.17. The normalized spacial score (nSPS) is 13.8. The lowest BCUT2D eigenvalue weighted by Crippen LogP contribution is -2.27. The van der Waals surface area contributed by atoms with Gasteiger partial charge in [-0.2, -0.15) is 0 Å². The van der Waals surface area contributed by atoms with Crippen LogP contribution in [0.25, 0.3) is 0 Å². The average Bonchev–Trinajstić information content (AvgIpc) is 2.64. The Kier molecular flexibility index (Phi) is 4.41. The third-order valence-electron chi connectivity index (χ3n) is 2.00. The van der Waals surface area contributed by atoms with Gasteiger partial charge in [0.2, 0.25) is 0 Å². The van der Waals surface area contributed by atoms with Crippen LogP contribution in [0.4, 0.5) is 5.13 Å². The molecule has 0 aliphatic heterocycles. The summed E-state index contributed by atoms with van der Waals surface area (Å²) in [4.78, 5) is 21.8. The molecule has 0 saturated heterocycles.